The first-order valence-electron chi connectivity index (χ1n) is 5.98. The third-order valence-electron chi connectivity index (χ3n) is 2.46. The molecule has 2 rings (SSSR count). The van der Waals surface area contributed by atoms with Gasteiger partial charge in [-0.3, -0.25) is 4.79 Å². The first-order valence-corrected chi connectivity index (χ1v) is 8.43. The first kappa shape index (κ1) is 15.5. The highest BCUT2D eigenvalue weighted by Crippen LogP contribution is 2.16. The second-order valence-electron chi connectivity index (χ2n) is 3.80. The molecule has 2 aromatic rings. The van der Waals surface area contributed by atoms with E-state index in [2.05, 4.69) is 15.1 Å². The predicted octanol–water partition coefficient (Wildman–Crippen LogP) is 3.17. The Balaban J connectivity index is 2.01. The fraction of sp³-hybridized carbons (Fsp3) is 0.143. The summed E-state index contributed by atoms with van der Waals surface area (Å²) >= 11 is 2.98. The van der Waals surface area contributed by atoms with Crippen LogP contribution in [0.1, 0.15) is 10.4 Å². The molecule has 0 radical (unpaired) electrons. The number of rotatable bonds is 6. The van der Waals surface area contributed by atoms with E-state index in [1.165, 1.54) is 11.8 Å². The zero-order chi connectivity index (χ0) is 15.1. The van der Waals surface area contributed by atoms with Crippen molar-refractivity contribution in [3.63, 3.8) is 0 Å². The topological polar surface area (TPSA) is 64.4 Å². The molecule has 0 atom stereocenters. The molecule has 0 aliphatic heterocycles. The van der Waals surface area contributed by atoms with Gasteiger partial charge in [0.2, 0.25) is 5.78 Å². The van der Waals surface area contributed by atoms with Gasteiger partial charge in [-0.15, -0.1) is 11.8 Å². The van der Waals surface area contributed by atoms with Crippen LogP contribution in [-0.2, 0) is 0 Å². The van der Waals surface area contributed by atoms with E-state index in [4.69, 9.17) is 4.84 Å². The molecule has 0 saturated carbocycles. The molecule has 0 amide bonds. The Morgan fingerprint density at radius 3 is 2.90 bits per heavy atom. The van der Waals surface area contributed by atoms with E-state index in [1.807, 2.05) is 30.7 Å². The lowest BCUT2D eigenvalue weighted by atomic mass is 10.1. The molecule has 0 unspecified atom stereocenters. The van der Waals surface area contributed by atoms with Crippen LogP contribution in [0.3, 0.4) is 0 Å². The van der Waals surface area contributed by atoms with Gasteiger partial charge in [0.05, 0.1) is 0 Å². The van der Waals surface area contributed by atoms with E-state index in [1.54, 1.807) is 30.1 Å². The minimum Gasteiger partial charge on any atom is -0.336 e. The Bertz CT molecular complexity index is 662. The molecule has 1 heterocycles. The molecule has 7 heteroatoms. The van der Waals surface area contributed by atoms with Gasteiger partial charge in [0, 0.05) is 22.7 Å². The number of carbonyl (C=O) groups is 1. The Morgan fingerprint density at radius 2 is 2.14 bits per heavy atom. The molecule has 0 bridgehead atoms. The number of nitrogens with zero attached hydrogens (tertiary/aromatic N) is 3. The fourth-order valence-electron chi connectivity index (χ4n) is 1.45. The van der Waals surface area contributed by atoms with E-state index >= 15 is 0 Å². The van der Waals surface area contributed by atoms with Crippen molar-refractivity contribution in [3.05, 3.63) is 42.1 Å². The van der Waals surface area contributed by atoms with Crippen LogP contribution in [0.4, 0.5) is 0 Å². The van der Waals surface area contributed by atoms with Gasteiger partial charge >= 0.3 is 0 Å². The number of hydrogen-bond donors (Lipinski definition) is 0. The lowest BCUT2D eigenvalue weighted by Crippen LogP contribution is -2.02. The molecule has 108 valence electrons. The van der Waals surface area contributed by atoms with Crippen molar-refractivity contribution >= 4 is 35.5 Å². The maximum Gasteiger partial charge on any atom is 0.252 e. The third-order valence-corrected chi connectivity index (χ3v) is 3.75. The fourth-order valence-corrected chi connectivity index (χ4v) is 2.26. The molecular formula is C14H13N3O2S2. The van der Waals surface area contributed by atoms with Crippen molar-refractivity contribution in [1.29, 1.82) is 0 Å². The lowest BCUT2D eigenvalue weighted by Gasteiger charge is -2.00. The van der Waals surface area contributed by atoms with Crippen LogP contribution < -0.4 is 4.84 Å². The van der Waals surface area contributed by atoms with Crippen molar-refractivity contribution in [1.82, 2.24) is 9.97 Å². The molecule has 0 fully saturated rings. The molecule has 5 nitrogen and oxygen atoms in total. The van der Waals surface area contributed by atoms with E-state index in [-0.39, 0.29) is 5.78 Å². The lowest BCUT2D eigenvalue weighted by molar-refractivity contribution is 0.106. The number of Topliss-reactive ketones (excluding diaryl/α,β-unsaturated/α-hetero) is 1. The summed E-state index contributed by atoms with van der Waals surface area (Å²) in [5, 5.41) is 4.25. The molecule has 0 N–H and O–H groups in total. The summed E-state index contributed by atoms with van der Waals surface area (Å²) in [5.74, 6) is 0.0845. The van der Waals surface area contributed by atoms with Gasteiger partial charge in [0.15, 0.2) is 5.16 Å². The van der Waals surface area contributed by atoms with Gasteiger partial charge < -0.3 is 4.84 Å². The predicted molar refractivity (Wildman–Crippen MR) is 85.5 cm³/mol. The standard InChI is InChI=1S/C14H13N3O2S2/c1-20-11-5-3-4-10(8-11)12(18)9-16-19-13-6-7-15-14(17-13)21-2/h3-9H,1-2H3/b16-9+. The molecular weight excluding hydrogens is 306 g/mol. The van der Waals surface area contributed by atoms with Gasteiger partial charge in [-0.05, 0) is 24.6 Å². The Kier molecular flexibility index (Phi) is 5.77. The summed E-state index contributed by atoms with van der Waals surface area (Å²) in [6, 6.07) is 8.92. The molecule has 0 aliphatic rings. The molecule has 0 saturated heterocycles. The van der Waals surface area contributed by atoms with Crippen LogP contribution in [0.5, 0.6) is 5.88 Å². The number of benzene rings is 1. The second kappa shape index (κ2) is 7.80. The van der Waals surface area contributed by atoms with E-state index in [0.717, 1.165) is 11.1 Å². The highest BCUT2D eigenvalue weighted by molar-refractivity contribution is 7.98. The monoisotopic (exact) mass is 319 g/mol. The molecule has 21 heavy (non-hydrogen) atoms. The summed E-state index contributed by atoms with van der Waals surface area (Å²) in [5.41, 5.74) is 0.571. The normalized spacial score (nSPS) is 10.8. The Labute approximate surface area is 131 Å². The van der Waals surface area contributed by atoms with Gasteiger partial charge in [0.1, 0.15) is 6.21 Å². The van der Waals surface area contributed by atoms with Gasteiger partial charge in [-0.1, -0.05) is 29.1 Å². The summed E-state index contributed by atoms with van der Waals surface area (Å²) in [7, 11) is 0. The van der Waals surface area contributed by atoms with Crippen molar-refractivity contribution in [3.8, 4) is 5.88 Å². The smallest absolute Gasteiger partial charge is 0.252 e. The first-order chi connectivity index (χ1) is 10.2. The second-order valence-corrected chi connectivity index (χ2v) is 5.46. The highest BCUT2D eigenvalue weighted by Gasteiger charge is 2.04. The minimum absolute atomic E-state index is 0.218. The van der Waals surface area contributed by atoms with Crippen LogP contribution in [0.15, 0.2) is 51.7 Å². The third kappa shape index (κ3) is 4.57. The largest absolute Gasteiger partial charge is 0.336 e. The quantitative estimate of drug-likeness (QED) is 0.268. The van der Waals surface area contributed by atoms with E-state index in [0.29, 0.717) is 16.6 Å². The van der Waals surface area contributed by atoms with Crippen molar-refractivity contribution in [2.24, 2.45) is 5.16 Å². The van der Waals surface area contributed by atoms with Gasteiger partial charge in [0.25, 0.3) is 5.88 Å². The zero-order valence-corrected chi connectivity index (χ0v) is 13.1. The van der Waals surface area contributed by atoms with Crippen molar-refractivity contribution < 1.29 is 9.63 Å². The average Bonchev–Trinajstić information content (AvgIpc) is 2.55. The van der Waals surface area contributed by atoms with Crippen molar-refractivity contribution in [2.75, 3.05) is 12.5 Å². The maximum absolute atomic E-state index is 12.0. The average molecular weight is 319 g/mol. The minimum atomic E-state index is -0.218. The summed E-state index contributed by atoms with van der Waals surface area (Å²) in [4.78, 5) is 26.2. The molecule has 1 aromatic carbocycles. The van der Waals surface area contributed by atoms with Gasteiger partial charge in [-0.25, -0.2) is 4.98 Å². The summed E-state index contributed by atoms with van der Waals surface area (Å²) < 4.78 is 0. The van der Waals surface area contributed by atoms with E-state index in [9.17, 15) is 4.79 Å². The number of hydrogen-bond acceptors (Lipinski definition) is 7. The van der Waals surface area contributed by atoms with Crippen LogP contribution in [0.2, 0.25) is 0 Å². The number of aromatic nitrogens is 2. The highest BCUT2D eigenvalue weighted by atomic mass is 32.2. The number of thioether (sulfide) groups is 2. The van der Waals surface area contributed by atoms with Gasteiger partial charge in [-0.2, -0.15) is 4.98 Å². The number of oxime groups is 1. The van der Waals surface area contributed by atoms with Crippen LogP contribution >= 0.6 is 23.5 Å². The maximum atomic E-state index is 12.0. The SMILES string of the molecule is CSc1cccc(C(=O)/C=N/Oc2ccnc(SC)n2)c1. The summed E-state index contributed by atoms with van der Waals surface area (Å²) in [6.07, 6.45) is 6.54. The molecule has 0 spiro atoms. The zero-order valence-electron chi connectivity index (χ0n) is 11.5. The number of carbonyl (C=O) groups excluding carboxylic acids is 1. The van der Waals surface area contributed by atoms with Crippen LogP contribution in [-0.4, -0.2) is 34.5 Å². The van der Waals surface area contributed by atoms with E-state index < -0.39 is 0 Å². The number of ketones is 1. The molecule has 0 aliphatic carbocycles. The van der Waals surface area contributed by atoms with Crippen LogP contribution in [0, 0.1) is 0 Å². The Morgan fingerprint density at radius 1 is 1.29 bits per heavy atom. The Hall–Kier alpha value is -1.86. The summed E-state index contributed by atoms with van der Waals surface area (Å²) in [6.45, 7) is 0. The molecule has 1 aromatic heterocycles. The van der Waals surface area contributed by atoms with Crippen LogP contribution in [0.25, 0.3) is 0 Å². The van der Waals surface area contributed by atoms with Crippen molar-refractivity contribution in [2.45, 2.75) is 10.1 Å².